The van der Waals surface area contributed by atoms with E-state index in [9.17, 15) is 4.79 Å². The molecule has 7 heteroatoms. The first-order chi connectivity index (χ1) is 12.4. The molecule has 0 bridgehead atoms. The quantitative estimate of drug-likeness (QED) is 0.456. The number of aryl methyl sites for hydroxylation is 2. The van der Waals surface area contributed by atoms with E-state index in [0.717, 1.165) is 25.6 Å². The van der Waals surface area contributed by atoms with Gasteiger partial charge in [0.05, 0.1) is 17.3 Å². The summed E-state index contributed by atoms with van der Waals surface area (Å²) >= 11 is 6.86. The van der Waals surface area contributed by atoms with E-state index in [1.165, 1.54) is 0 Å². The molecule has 0 heterocycles. The van der Waals surface area contributed by atoms with E-state index in [0.29, 0.717) is 18.1 Å². The molecule has 138 valence electrons. The van der Waals surface area contributed by atoms with Gasteiger partial charge in [0.15, 0.2) is 6.61 Å². The van der Waals surface area contributed by atoms with E-state index in [-0.39, 0.29) is 12.5 Å². The van der Waals surface area contributed by atoms with E-state index in [1.54, 1.807) is 6.21 Å². The van der Waals surface area contributed by atoms with Crippen LogP contribution in [0.2, 0.25) is 0 Å². The fraction of sp³-hybridized carbons (Fsp3) is 0.263. The Labute approximate surface area is 170 Å². The number of hydrogen-bond acceptors (Lipinski definition) is 4. The SMILES string of the molecule is CCOc1ccc(Br)cc1C=NNC(=O)COc1c(C)cc(C)cc1Br. The maximum Gasteiger partial charge on any atom is 0.277 e. The number of ether oxygens (including phenoxy) is 2. The second-order valence-electron chi connectivity index (χ2n) is 5.59. The predicted octanol–water partition coefficient (Wildman–Crippen LogP) is 4.76. The largest absolute Gasteiger partial charge is 0.493 e. The Kier molecular flexibility index (Phi) is 7.66. The van der Waals surface area contributed by atoms with Crippen molar-refractivity contribution in [3.05, 3.63) is 56.0 Å². The van der Waals surface area contributed by atoms with E-state index in [1.807, 2.05) is 51.1 Å². The van der Waals surface area contributed by atoms with Crippen LogP contribution in [0.1, 0.15) is 23.6 Å². The van der Waals surface area contributed by atoms with Gasteiger partial charge in [-0.2, -0.15) is 5.10 Å². The lowest BCUT2D eigenvalue weighted by Crippen LogP contribution is -2.25. The highest BCUT2D eigenvalue weighted by Crippen LogP contribution is 2.30. The summed E-state index contributed by atoms with van der Waals surface area (Å²) in [6, 6.07) is 9.54. The normalized spacial score (nSPS) is 10.8. The lowest BCUT2D eigenvalue weighted by Gasteiger charge is -2.11. The number of hydrazone groups is 1. The second-order valence-corrected chi connectivity index (χ2v) is 7.36. The lowest BCUT2D eigenvalue weighted by atomic mass is 10.1. The molecule has 0 atom stereocenters. The summed E-state index contributed by atoms with van der Waals surface area (Å²) < 4.78 is 12.9. The molecule has 0 aliphatic carbocycles. The number of benzene rings is 2. The summed E-state index contributed by atoms with van der Waals surface area (Å²) in [6.07, 6.45) is 1.54. The average Bonchev–Trinajstić information content (AvgIpc) is 2.56. The highest BCUT2D eigenvalue weighted by Gasteiger charge is 2.09. The van der Waals surface area contributed by atoms with Gasteiger partial charge in [0.25, 0.3) is 5.91 Å². The Hall–Kier alpha value is -1.86. The zero-order valence-corrected chi connectivity index (χ0v) is 18.0. The number of halogens is 2. The summed E-state index contributed by atoms with van der Waals surface area (Å²) in [7, 11) is 0. The van der Waals surface area contributed by atoms with Crippen LogP contribution in [-0.4, -0.2) is 25.3 Å². The molecule has 0 unspecified atom stereocenters. The van der Waals surface area contributed by atoms with Gasteiger partial charge in [-0.25, -0.2) is 5.43 Å². The first-order valence-electron chi connectivity index (χ1n) is 8.04. The molecule has 2 aromatic rings. The van der Waals surface area contributed by atoms with Crippen molar-refractivity contribution >= 4 is 44.0 Å². The topological polar surface area (TPSA) is 59.9 Å². The summed E-state index contributed by atoms with van der Waals surface area (Å²) in [5.41, 5.74) is 5.31. The molecule has 0 saturated carbocycles. The van der Waals surface area contributed by atoms with Crippen molar-refractivity contribution in [1.82, 2.24) is 5.43 Å². The Morgan fingerprint density at radius 3 is 2.65 bits per heavy atom. The molecule has 0 spiro atoms. The van der Waals surface area contributed by atoms with E-state index < -0.39 is 0 Å². The predicted molar refractivity (Wildman–Crippen MR) is 110 cm³/mol. The first-order valence-corrected chi connectivity index (χ1v) is 9.63. The highest BCUT2D eigenvalue weighted by atomic mass is 79.9. The number of nitrogens with zero attached hydrogens (tertiary/aromatic N) is 1. The molecular formula is C19H20Br2N2O3. The van der Waals surface area contributed by atoms with Crippen LogP contribution in [0.25, 0.3) is 0 Å². The maximum atomic E-state index is 12.0. The highest BCUT2D eigenvalue weighted by molar-refractivity contribution is 9.10. The van der Waals surface area contributed by atoms with Crippen molar-refractivity contribution in [3.63, 3.8) is 0 Å². The number of carbonyl (C=O) groups is 1. The molecule has 0 fully saturated rings. The molecule has 1 N–H and O–H groups in total. The van der Waals surface area contributed by atoms with E-state index in [4.69, 9.17) is 9.47 Å². The molecule has 26 heavy (non-hydrogen) atoms. The third-order valence-electron chi connectivity index (χ3n) is 3.39. The van der Waals surface area contributed by atoms with Crippen LogP contribution < -0.4 is 14.9 Å². The minimum absolute atomic E-state index is 0.128. The number of rotatable bonds is 7. The minimum Gasteiger partial charge on any atom is -0.493 e. The zero-order valence-electron chi connectivity index (χ0n) is 14.8. The van der Waals surface area contributed by atoms with Crippen molar-refractivity contribution in [1.29, 1.82) is 0 Å². The fourth-order valence-electron chi connectivity index (χ4n) is 2.34. The van der Waals surface area contributed by atoms with Gasteiger partial charge < -0.3 is 9.47 Å². The number of hydrogen-bond donors (Lipinski definition) is 1. The van der Waals surface area contributed by atoms with Crippen LogP contribution >= 0.6 is 31.9 Å². The Morgan fingerprint density at radius 1 is 1.19 bits per heavy atom. The monoisotopic (exact) mass is 482 g/mol. The number of nitrogens with one attached hydrogen (secondary N) is 1. The average molecular weight is 484 g/mol. The molecule has 0 aromatic heterocycles. The molecule has 2 aromatic carbocycles. The molecule has 0 aliphatic heterocycles. The molecule has 5 nitrogen and oxygen atoms in total. The fourth-order valence-corrected chi connectivity index (χ4v) is 3.50. The number of carbonyl (C=O) groups excluding carboxylic acids is 1. The van der Waals surface area contributed by atoms with Crippen LogP contribution in [0.4, 0.5) is 0 Å². The molecule has 1 amide bonds. The maximum absolute atomic E-state index is 12.0. The van der Waals surface area contributed by atoms with Crippen LogP contribution in [0.15, 0.2) is 44.4 Å². The van der Waals surface area contributed by atoms with Crippen LogP contribution in [0.5, 0.6) is 11.5 Å². The van der Waals surface area contributed by atoms with Gasteiger partial charge in [0.2, 0.25) is 0 Å². The molecule has 0 saturated heterocycles. The van der Waals surface area contributed by atoms with Gasteiger partial charge in [-0.05, 0) is 72.1 Å². The van der Waals surface area contributed by atoms with Gasteiger partial charge in [0.1, 0.15) is 11.5 Å². The van der Waals surface area contributed by atoms with Crippen LogP contribution in [-0.2, 0) is 4.79 Å². The number of amides is 1. The van der Waals surface area contributed by atoms with Crippen molar-refractivity contribution in [2.24, 2.45) is 5.10 Å². The molecule has 0 radical (unpaired) electrons. The summed E-state index contributed by atoms with van der Waals surface area (Å²) in [5.74, 6) is 1.01. The molecular weight excluding hydrogens is 464 g/mol. The molecule has 0 aliphatic rings. The molecule has 2 rings (SSSR count). The Bertz CT molecular complexity index is 799. The standard InChI is InChI=1S/C19H20Br2N2O3/c1-4-25-17-6-5-15(20)9-14(17)10-22-23-18(24)11-26-19-13(3)7-12(2)8-16(19)21/h5-10H,4,11H2,1-3H3,(H,23,24). The van der Waals surface area contributed by atoms with Gasteiger partial charge in [-0.15, -0.1) is 0 Å². The third kappa shape index (κ3) is 5.85. The first kappa shape index (κ1) is 20.5. The van der Waals surface area contributed by atoms with Crippen molar-refractivity contribution in [2.45, 2.75) is 20.8 Å². The van der Waals surface area contributed by atoms with Crippen LogP contribution in [0, 0.1) is 13.8 Å². The van der Waals surface area contributed by atoms with Gasteiger partial charge in [-0.3, -0.25) is 4.79 Å². The smallest absolute Gasteiger partial charge is 0.277 e. The van der Waals surface area contributed by atoms with Gasteiger partial charge in [-0.1, -0.05) is 22.0 Å². The Balaban J connectivity index is 1.95. The zero-order chi connectivity index (χ0) is 19.1. The van der Waals surface area contributed by atoms with E-state index >= 15 is 0 Å². The van der Waals surface area contributed by atoms with Gasteiger partial charge >= 0.3 is 0 Å². The lowest BCUT2D eigenvalue weighted by molar-refractivity contribution is -0.123. The van der Waals surface area contributed by atoms with Crippen molar-refractivity contribution in [2.75, 3.05) is 13.2 Å². The summed E-state index contributed by atoms with van der Waals surface area (Å²) in [5, 5.41) is 3.98. The van der Waals surface area contributed by atoms with Gasteiger partial charge in [0, 0.05) is 10.0 Å². The second kappa shape index (κ2) is 9.73. The van der Waals surface area contributed by atoms with Crippen molar-refractivity contribution < 1.29 is 14.3 Å². The third-order valence-corrected chi connectivity index (χ3v) is 4.47. The summed E-state index contributed by atoms with van der Waals surface area (Å²) in [6.45, 7) is 6.27. The van der Waals surface area contributed by atoms with Crippen molar-refractivity contribution in [3.8, 4) is 11.5 Å². The van der Waals surface area contributed by atoms with Crippen LogP contribution in [0.3, 0.4) is 0 Å². The summed E-state index contributed by atoms with van der Waals surface area (Å²) in [4.78, 5) is 12.0. The minimum atomic E-state index is -0.346. The Morgan fingerprint density at radius 2 is 1.96 bits per heavy atom. The van der Waals surface area contributed by atoms with E-state index in [2.05, 4.69) is 42.4 Å².